The van der Waals surface area contributed by atoms with Crippen molar-refractivity contribution in [2.75, 3.05) is 34.9 Å². The van der Waals surface area contributed by atoms with Gasteiger partial charge in [0.1, 0.15) is 30.9 Å². The van der Waals surface area contributed by atoms with Gasteiger partial charge < -0.3 is 39.8 Å². The van der Waals surface area contributed by atoms with Gasteiger partial charge in [0, 0.05) is 41.2 Å². The van der Waals surface area contributed by atoms with Crippen LogP contribution in [0.25, 0.3) is 0 Å². The summed E-state index contributed by atoms with van der Waals surface area (Å²) in [4.78, 5) is 85.6. The molecule has 1 fully saturated rings. The van der Waals surface area contributed by atoms with Gasteiger partial charge >= 0.3 is 12.1 Å². The minimum atomic E-state index is -1.41. The van der Waals surface area contributed by atoms with Crippen LogP contribution in [0.15, 0.2) is 60.7 Å². The third-order valence-corrected chi connectivity index (χ3v) is 12.2. The van der Waals surface area contributed by atoms with Crippen molar-refractivity contribution in [3.63, 3.8) is 0 Å². The molecule has 0 spiro atoms. The zero-order valence-electron chi connectivity index (χ0n) is 38.8. The highest BCUT2D eigenvalue weighted by Gasteiger charge is 2.46. The van der Waals surface area contributed by atoms with Crippen molar-refractivity contribution in [1.29, 1.82) is 0 Å². The van der Waals surface area contributed by atoms with E-state index in [1.165, 1.54) is 36.0 Å². The lowest BCUT2D eigenvalue weighted by Gasteiger charge is -2.41. The van der Waals surface area contributed by atoms with Crippen LogP contribution in [0.4, 0.5) is 9.18 Å². The number of carbonyl (C=O) groups excluding carboxylic acids is 5. The molecule has 15 nitrogen and oxygen atoms in total. The van der Waals surface area contributed by atoms with Crippen molar-refractivity contribution in [2.24, 2.45) is 23.7 Å². The molecule has 0 aliphatic carbocycles. The second-order valence-electron chi connectivity index (χ2n) is 17.4. The Kier molecular flexibility index (Phi) is 20.5. The van der Waals surface area contributed by atoms with Crippen molar-refractivity contribution in [2.45, 2.75) is 129 Å². The van der Waals surface area contributed by atoms with Gasteiger partial charge in [-0.15, -0.1) is 0 Å². The van der Waals surface area contributed by atoms with Crippen LogP contribution < -0.4 is 10.6 Å². The topological polar surface area (TPSA) is 184 Å². The van der Waals surface area contributed by atoms with E-state index in [4.69, 9.17) is 14.2 Å². The summed E-state index contributed by atoms with van der Waals surface area (Å²) in [5, 5.41) is 15.4. The van der Waals surface area contributed by atoms with E-state index in [0.29, 0.717) is 6.42 Å². The summed E-state index contributed by atoms with van der Waals surface area (Å²) in [6.07, 6.45) is -3.66. The number of rotatable bonds is 23. The molecule has 1 aliphatic rings. The van der Waals surface area contributed by atoms with Crippen LogP contribution in [0.5, 0.6) is 0 Å². The maximum Gasteiger partial charge on any atom is 0.410 e. The number of methoxy groups -OCH3 is 2. The first-order valence-electron chi connectivity index (χ1n) is 21.8. The van der Waals surface area contributed by atoms with Gasteiger partial charge in [-0.1, -0.05) is 116 Å². The Morgan fingerprint density at radius 1 is 0.825 bits per heavy atom. The Morgan fingerprint density at radius 3 is 1.92 bits per heavy atom. The Morgan fingerprint density at radius 2 is 1.41 bits per heavy atom. The standard InChI is InChI=1S/C47H70FN5O10/c1-12-30(6)41(51(8)45(57)39(28(2)3)50-44(56)40(29(4)5)52(9)47(60)63-27-33-21-17-14-18-22-33)37(61-10)25-38(54)53-26-34(48)24-36(53)42(62-11)31(7)43(55)49-35(46(58)59)23-32-19-15-13-16-20-32/h13-22,28-31,34-37,39-42H,12,23-27H2,1-11H3,(H,49,55)(H,50,56)(H,58,59)/t30?,31?,34-,35?,36-,37?,39?,40?,41?,42?/m0/s1. The number of benzene rings is 2. The van der Waals surface area contributed by atoms with Crippen molar-refractivity contribution in [3.05, 3.63) is 71.8 Å². The lowest BCUT2D eigenvalue weighted by molar-refractivity contribution is -0.148. The summed E-state index contributed by atoms with van der Waals surface area (Å²) in [7, 11) is 5.88. The Bertz CT molecular complexity index is 1800. The van der Waals surface area contributed by atoms with Crippen LogP contribution in [0.3, 0.4) is 0 Å². The quantitative estimate of drug-likeness (QED) is 0.136. The van der Waals surface area contributed by atoms with Crippen LogP contribution in [-0.4, -0.2) is 139 Å². The molecule has 3 rings (SSSR count). The number of alkyl halides is 1. The third kappa shape index (κ3) is 14.2. The molecule has 63 heavy (non-hydrogen) atoms. The number of amides is 5. The highest BCUT2D eigenvalue weighted by Crippen LogP contribution is 2.31. The second kappa shape index (κ2) is 24.7. The summed E-state index contributed by atoms with van der Waals surface area (Å²) in [6.45, 7) is 12.4. The SMILES string of the molecule is CCC(C)C(C(CC(=O)N1C[C@@H](F)C[C@H]1C(OC)C(C)C(=O)NC(Cc1ccccc1)C(=O)O)OC)N(C)C(=O)C(NC(=O)C(C(C)C)N(C)C(=O)OCc1ccccc1)C(C)C. The monoisotopic (exact) mass is 884 g/mol. The van der Waals surface area contributed by atoms with Crippen LogP contribution in [0, 0.1) is 23.7 Å². The van der Waals surface area contributed by atoms with Gasteiger partial charge in [-0.2, -0.15) is 0 Å². The highest BCUT2D eigenvalue weighted by molar-refractivity contribution is 5.92. The molecule has 1 aliphatic heterocycles. The highest BCUT2D eigenvalue weighted by atomic mass is 19.1. The van der Waals surface area contributed by atoms with Gasteiger partial charge in [0.05, 0.1) is 43.2 Å². The molecule has 0 aromatic heterocycles. The number of carboxylic acid groups (broad SMARTS) is 1. The number of carboxylic acids is 1. The fourth-order valence-corrected chi connectivity index (χ4v) is 8.46. The smallest absolute Gasteiger partial charge is 0.410 e. The van der Waals surface area contributed by atoms with E-state index in [1.807, 2.05) is 44.2 Å². The lowest BCUT2D eigenvalue weighted by Crippen LogP contribution is -2.60. The van der Waals surface area contributed by atoms with Crippen molar-refractivity contribution in [3.8, 4) is 0 Å². The number of likely N-dealkylation sites (N-methyl/N-ethyl adjacent to an activating group) is 2. The average molecular weight is 884 g/mol. The van der Waals surface area contributed by atoms with Gasteiger partial charge in [0.2, 0.25) is 23.6 Å². The predicted molar refractivity (Wildman–Crippen MR) is 236 cm³/mol. The summed E-state index contributed by atoms with van der Waals surface area (Å²) >= 11 is 0. The first-order chi connectivity index (χ1) is 29.8. The number of hydrogen-bond acceptors (Lipinski definition) is 9. The first-order valence-corrected chi connectivity index (χ1v) is 21.8. The van der Waals surface area contributed by atoms with Gasteiger partial charge in [0.25, 0.3) is 0 Å². The van der Waals surface area contributed by atoms with Crippen molar-refractivity contribution >= 4 is 35.7 Å². The van der Waals surface area contributed by atoms with E-state index < -0.39 is 90.2 Å². The molecule has 0 radical (unpaired) electrons. The Balaban J connectivity index is 1.79. The van der Waals surface area contributed by atoms with E-state index >= 15 is 4.39 Å². The molecule has 0 saturated carbocycles. The number of halogens is 1. The molecule has 5 amide bonds. The summed E-state index contributed by atoms with van der Waals surface area (Å²) < 4.78 is 32.5. The maximum absolute atomic E-state index is 15.3. The molecule has 1 saturated heterocycles. The summed E-state index contributed by atoms with van der Waals surface area (Å²) in [6, 6.07) is 13.3. The number of carbonyl (C=O) groups is 6. The van der Waals surface area contributed by atoms with Crippen LogP contribution in [-0.2, 0) is 51.2 Å². The van der Waals surface area contributed by atoms with Crippen molar-refractivity contribution in [1.82, 2.24) is 25.3 Å². The van der Waals surface area contributed by atoms with E-state index in [9.17, 15) is 33.9 Å². The normalized spacial score (nSPS) is 18.9. The second-order valence-corrected chi connectivity index (χ2v) is 17.4. The van der Waals surface area contributed by atoms with Gasteiger partial charge in [-0.3, -0.25) is 24.1 Å². The van der Waals surface area contributed by atoms with Crippen LogP contribution in [0.1, 0.15) is 78.9 Å². The minimum absolute atomic E-state index is 0.0229. The molecule has 8 unspecified atom stereocenters. The number of hydrogen-bond donors (Lipinski definition) is 3. The van der Waals surface area contributed by atoms with Gasteiger partial charge in [-0.25, -0.2) is 14.0 Å². The van der Waals surface area contributed by atoms with E-state index in [-0.39, 0.29) is 50.2 Å². The zero-order chi connectivity index (χ0) is 47.1. The number of likely N-dealkylation sites (tertiary alicyclic amines) is 1. The molecule has 350 valence electrons. The van der Waals surface area contributed by atoms with Crippen LogP contribution in [0.2, 0.25) is 0 Å². The molecule has 3 N–H and O–H groups in total. The maximum atomic E-state index is 15.3. The minimum Gasteiger partial charge on any atom is -0.480 e. The molecular formula is C47H70FN5O10. The molecule has 16 heteroatoms. The summed E-state index contributed by atoms with van der Waals surface area (Å²) in [5.74, 6) is -5.16. The van der Waals surface area contributed by atoms with Crippen LogP contribution >= 0.6 is 0 Å². The zero-order valence-corrected chi connectivity index (χ0v) is 38.8. The first kappa shape index (κ1) is 52.3. The Hall–Kier alpha value is -5.09. The largest absolute Gasteiger partial charge is 0.480 e. The predicted octanol–water partition coefficient (Wildman–Crippen LogP) is 5.10. The lowest BCUT2D eigenvalue weighted by atomic mass is 9.89. The van der Waals surface area contributed by atoms with E-state index in [1.54, 1.807) is 72.0 Å². The number of nitrogens with zero attached hydrogens (tertiary/aromatic N) is 3. The molecular weight excluding hydrogens is 814 g/mol. The molecule has 0 bridgehead atoms. The summed E-state index contributed by atoms with van der Waals surface area (Å²) in [5.41, 5.74) is 1.51. The fourth-order valence-electron chi connectivity index (χ4n) is 8.46. The fraction of sp³-hybridized carbons (Fsp3) is 0.617. The number of ether oxygens (including phenoxy) is 3. The van der Waals surface area contributed by atoms with Gasteiger partial charge in [0.15, 0.2) is 0 Å². The molecule has 10 atom stereocenters. The average Bonchev–Trinajstić information content (AvgIpc) is 3.64. The molecule has 2 aromatic carbocycles. The van der Waals surface area contributed by atoms with E-state index in [2.05, 4.69) is 10.6 Å². The Labute approximate surface area is 372 Å². The molecule has 2 aromatic rings. The van der Waals surface area contributed by atoms with E-state index in [0.717, 1.165) is 11.1 Å². The third-order valence-electron chi connectivity index (χ3n) is 12.2. The molecule has 1 heterocycles. The number of nitrogens with one attached hydrogen (secondary N) is 2. The van der Waals surface area contributed by atoms with Gasteiger partial charge in [-0.05, 0) is 28.9 Å². The van der Waals surface area contributed by atoms with Crippen molar-refractivity contribution < 1.29 is 52.5 Å². The number of aliphatic carboxylic acids is 1.